The molecule has 1 aromatic carbocycles. The van der Waals surface area contributed by atoms with Gasteiger partial charge in [-0.2, -0.15) is 0 Å². The molecule has 5 nitrogen and oxygen atoms in total. The van der Waals surface area contributed by atoms with Crippen LogP contribution in [0, 0.1) is 0 Å². The average molecular weight is 357 g/mol. The van der Waals surface area contributed by atoms with Crippen LogP contribution in [0.3, 0.4) is 0 Å². The lowest BCUT2D eigenvalue weighted by Crippen LogP contribution is -2.49. The van der Waals surface area contributed by atoms with E-state index in [1.165, 1.54) is 5.56 Å². The van der Waals surface area contributed by atoms with Crippen molar-refractivity contribution in [3.63, 3.8) is 0 Å². The monoisotopic (exact) mass is 357 g/mol. The van der Waals surface area contributed by atoms with Crippen molar-refractivity contribution in [2.75, 3.05) is 39.3 Å². The fourth-order valence-corrected chi connectivity index (χ4v) is 4.82. The Kier molecular flexibility index (Phi) is 5.57. The van der Waals surface area contributed by atoms with E-state index in [2.05, 4.69) is 27.2 Å². The van der Waals surface area contributed by atoms with Gasteiger partial charge in [-0.25, -0.2) is 0 Å². The number of rotatable bonds is 3. The molecular formula is C21H31N3O2. The number of carbonyl (C=O) groups is 1. The number of likely N-dealkylation sites (tertiary alicyclic amines) is 2. The highest BCUT2D eigenvalue weighted by atomic mass is 16.3. The molecule has 1 atom stereocenters. The minimum atomic E-state index is -0.116. The Morgan fingerprint density at radius 1 is 1.00 bits per heavy atom. The first-order valence-electron chi connectivity index (χ1n) is 10.2. The smallest absolute Gasteiger partial charge is 0.254 e. The van der Waals surface area contributed by atoms with Gasteiger partial charge in [0.15, 0.2) is 0 Å². The average Bonchev–Trinajstić information content (AvgIpc) is 3.23. The van der Waals surface area contributed by atoms with Crippen molar-refractivity contribution in [1.29, 1.82) is 0 Å². The Hall–Kier alpha value is -1.43. The number of nitrogens with one attached hydrogen (secondary N) is 1. The summed E-state index contributed by atoms with van der Waals surface area (Å²) in [6.07, 6.45) is 4.88. The largest absolute Gasteiger partial charge is 0.393 e. The second-order valence-corrected chi connectivity index (χ2v) is 8.07. The molecule has 0 saturated carbocycles. The van der Waals surface area contributed by atoms with Crippen LogP contribution in [0.25, 0.3) is 0 Å². The molecule has 3 fully saturated rings. The number of hydrogen-bond acceptors (Lipinski definition) is 4. The standard InChI is InChI=1S/C21H31N3O2/c25-18-8-13-23(14-9-18)17-6-11-24(12-7-17)21(26)20-4-2-1-3-19(20)16-5-10-22-15-16/h1-4,16-18,22,25H,5-15H2/t16-/m1/s1. The molecule has 3 aliphatic heterocycles. The predicted octanol–water partition coefficient (Wildman–Crippen LogP) is 1.82. The fraction of sp³-hybridized carbons (Fsp3) is 0.667. The highest BCUT2D eigenvalue weighted by Gasteiger charge is 2.31. The molecule has 2 N–H and O–H groups in total. The number of benzene rings is 1. The molecule has 0 spiro atoms. The molecule has 26 heavy (non-hydrogen) atoms. The molecule has 0 radical (unpaired) electrons. The first kappa shape index (κ1) is 18.0. The Morgan fingerprint density at radius 3 is 2.42 bits per heavy atom. The number of aliphatic hydroxyl groups is 1. The van der Waals surface area contributed by atoms with Crippen LogP contribution >= 0.6 is 0 Å². The van der Waals surface area contributed by atoms with Gasteiger partial charge in [0, 0.05) is 44.3 Å². The van der Waals surface area contributed by atoms with Gasteiger partial charge >= 0.3 is 0 Å². The first-order valence-corrected chi connectivity index (χ1v) is 10.2. The summed E-state index contributed by atoms with van der Waals surface area (Å²) < 4.78 is 0. The molecule has 0 unspecified atom stereocenters. The third kappa shape index (κ3) is 3.80. The second-order valence-electron chi connectivity index (χ2n) is 8.07. The van der Waals surface area contributed by atoms with Gasteiger partial charge in [0.25, 0.3) is 5.91 Å². The van der Waals surface area contributed by atoms with E-state index in [0.29, 0.717) is 12.0 Å². The summed E-state index contributed by atoms with van der Waals surface area (Å²) in [5.74, 6) is 0.674. The molecule has 3 aliphatic rings. The van der Waals surface area contributed by atoms with Crippen LogP contribution in [0.4, 0.5) is 0 Å². The number of hydrogen-bond donors (Lipinski definition) is 2. The molecule has 1 aromatic rings. The van der Waals surface area contributed by atoms with Gasteiger partial charge in [0.2, 0.25) is 0 Å². The summed E-state index contributed by atoms with van der Waals surface area (Å²) in [5.41, 5.74) is 2.12. The number of carbonyl (C=O) groups excluding carboxylic acids is 1. The van der Waals surface area contributed by atoms with Crippen molar-refractivity contribution in [3.05, 3.63) is 35.4 Å². The van der Waals surface area contributed by atoms with E-state index in [4.69, 9.17) is 0 Å². The molecule has 5 heteroatoms. The van der Waals surface area contributed by atoms with Gasteiger partial charge in [0.1, 0.15) is 0 Å². The van der Waals surface area contributed by atoms with Crippen molar-refractivity contribution >= 4 is 5.91 Å². The summed E-state index contributed by atoms with van der Waals surface area (Å²) in [6.45, 7) is 5.71. The van der Waals surface area contributed by atoms with E-state index >= 15 is 0 Å². The van der Waals surface area contributed by atoms with Crippen LogP contribution in [-0.2, 0) is 0 Å². The Bertz CT molecular complexity index is 613. The normalized spacial score (nSPS) is 26.3. The van der Waals surface area contributed by atoms with E-state index in [0.717, 1.165) is 76.9 Å². The SMILES string of the molecule is O=C(c1ccccc1[C@@H]1CCNC1)N1CCC(N2CCC(O)CC2)CC1. The zero-order valence-corrected chi connectivity index (χ0v) is 15.6. The lowest BCUT2D eigenvalue weighted by molar-refractivity contribution is 0.0356. The fourth-order valence-electron chi connectivity index (χ4n) is 4.82. The molecule has 0 aliphatic carbocycles. The molecule has 142 valence electrons. The minimum Gasteiger partial charge on any atom is -0.393 e. The van der Waals surface area contributed by atoms with Crippen molar-refractivity contribution in [2.24, 2.45) is 0 Å². The molecule has 3 heterocycles. The van der Waals surface area contributed by atoms with Crippen molar-refractivity contribution < 1.29 is 9.90 Å². The van der Waals surface area contributed by atoms with Gasteiger partial charge in [0.05, 0.1) is 6.10 Å². The van der Waals surface area contributed by atoms with Crippen LogP contribution in [-0.4, -0.2) is 72.2 Å². The molecule has 0 aromatic heterocycles. The highest BCUT2D eigenvalue weighted by Crippen LogP contribution is 2.28. The second kappa shape index (κ2) is 8.07. The maximum atomic E-state index is 13.2. The lowest BCUT2D eigenvalue weighted by Gasteiger charge is -2.41. The number of nitrogens with zero attached hydrogens (tertiary/aromatic N) is 2. The summed E-state index contributed by atoms with van der Waals surface area (Å²) in [7, 11) is 0. The maximum absolute atomic E-state index is 13.2. The van der Waals surface area contributed by atoms with E-state index in [1.54, 1.807) is 0 Å². The Labute approximate surface area is 156 Å². The van der Waals surface area contributed by atoms with E-state index in [9.17, 15) is 9.90 Å². The van der Waals surface area contributed by atoms with Crippen LogP contribution in [0.2, 0.25) is 0 Å². The summed E-state index contributed by atoms with van der Waals surface area (Å²) >= 11 is 0. The van der Waals surface area contributed by atoms with Crippen LogP contribution in [0.1, 0.15) is 53.9 Å². The Morgan fingerprint density at radius 2 is 1.73 bits per heavy atom. The van der Waals surface area contributed by atoms with Crippen molar-refractivity contribution in [1.82, 2.24) is 15.1 Å². The molecule has 3 saturated heterocycles. The number of aliphatic hydroxyl groups excluding tert-OH is 1. The maximum Gasteiger partial charge on any atom is 0.254 e. The Balaban J connectivity index is 1.38. The first-order chi connectivity index (χ1) is 12.7. The molecular weight excluding hydrogens is 326 g/mol. The van der Waals surface area contributed by atoms with E-state index < -0.39 is 0 Å². The zero-order valence-electron chi connectivity index (χ0n) is 15.6. The molecule has 0 bridgehead atoms. The third-order valence-electron chi connectivity index (χ3n) is 6.46. The minimum absolute atomic E-state index is 0.116. The van der Waals surface area contributed by atoms with Gasteiger partial charge in [-0.1, -0.05) is 18.2 Å². The summed E-state index contributed by atoms with van der Waals surface area (Å²) in [4.78, 5) is 17.7. The quantitative estimate of drug-likeness (QED) is 0.867. The number of amides is 1. The van der Waals surface area contributed by atoms with Crippen molar-refractivity contribution in [2.45, 2.75) is 50.2 Å². The predicted molar refractivity (Wildman–Crippen MR) is 102 cm³/mol. The lowest BCUT2D eigenvalue weighted by atomic mass is 9.92. The number of piperidine rings is 2. The van der Waals surface area contributed by atoms with Crippen molar-refractivity contribution in [3.8, 4) is 0 Å². The highest BCUT2D eigenvalue weighted by molar-refractivity contribution is 5.96. The van der Waals surface area contributed by atoms with Gasteiger partial charge < -0.3 is 20.2 Å². The zero-order chi connectivity index (χ0) is 17.9. The molecule has 1 amide bonds. The van der Waals surface area contributed by atoms with Crippen LogP contribution in [0.5, 0.6) is 0 Å². The van der Waals surface area contributed by atoms with Crippen LogP contribution in [0.15, 0.2) is 24.3 Å². The third-order valence-corrected chi connectivity index (χ3v) is 6.46. The van der Waals surface area contributed by atoms with Crippen LogP contribution < -0.4 is 5.32 Å². The molecule has 4 rings (SSSR count). The topological polar surface area (TPSA) is 55.8 Å². The van der Waals surface area contributed by atoms with E-state index in [-0.39, 0.29) is 12.0 Å². The van der Waals surface area contributed by atoms with Gasteiger partial charge in [-0.05, 0) is 56.2 Å². The van der Waals surface area contributed by atoms with Gasteiger partial charge in [-0.3, -0.25) is 4.79 Å². The van der Waals surface area contributed by atoms with E-state index in [1.807, 2.05) is 12.1 Å². The summed E-state index contributed by atoms with van der Waals surface area (Å²) in [6, 6.07) is 8.76. The van der Waals surface area contributed by atoms with Gasteiger partial charge in [-0.15, -0.1) is 0 Å². The summed E-state index contributed by atoms with van der Waals surface area (Å²) in [5, 5.41) is 13.1.